The molecule has 0 heterocycles. The van der Waals surface area contributed by atoms with Crippen LogP contribution in [0.4, 0.5) is 5.69 Å². The minimum absolute atomic E-state index is 0.0105. The Morgan fingerprint density at radius 1 is 1.29 bits per heavy atom. The van der Waals surface area contributed by atoms with Crippen LogP contribution in [-0.4, -0.2) is 18.8 Å². The molecule has 1 N–H and O–H groups in total. The van der Waals surface area contributed by atoms with Crippen LogP contribution in [0.5, 0.6) is 5.75 Å². The van der Waals surface area contributed by atoms with Gasteiger partial charge in [-0.05, 0) is 31.5 Å². The molecule has 0 fully saturated rings. The maximum atomic E-state index is 11.6. The second-order valence-electron chi connectivity index (χ2n) is 3.95. The van der Waals surface area contributed by atoms with Gasteiger partial charge in [0, 0.05) is 12.8 Å². The Kier molecular flexibility index (Phi) is 4.69. The van der Waals surface area contributed by atoms with Crippen LogP contribution in [0.3, 0.4) is 0 Å². The summed E-state index contributed by atoms with van der Waals surface area (Å²) in [4.78, 5) is 22.4. The zero-order chi connectivity index (χ0) is 12.8. The molecular formula is C13H17NO3. The standard InChI is InChI=1S/C13H17NO3/c1-9-4-6-12(17-3)11(8-9)14-13(16)7-5-10(2)15/h4,6,8H,5,7H2,1-3H3,(H,14,16). The summed E-state index contributed by atoms with van der Waals surface area (Å²) < 4.78 is 5.15. The highest BCUT2D eigenvalue weighted by Gasteiger charge is 2.08. The van der Waals surface area contributed by atoms with Gasteiger partial charge < -0.3 is 14.8 Å². The van der Waals surface area contributed by atoms with Gasteiger partial charge in [0.2, 0.25) is 5.91 Å². The highest BCUT2D eigenvalue weighted by Crippen LogP contribution is 2.25. The third-order valence-electron chi connectivity index (χ3n) is 2.33. The topological polar surface area (TPSA) is 55.4 Å². The number of Topliss-reactive ketones (excluding diaryl/α,β-unsaturated/α-hetero) is 1. The minimum Gasteiger partial charge on any atom is -0.495 e. The lowest BCUT2D eigenvalue weighted by molar-refractivity contribution is -0.121. The zero-order valence-corrected chi connectivity index (χ0v) is 10.4. The third kappa shape index (κ3) is 4.26. The van der Waals surface area contributed by atoms with Crippen LogP contribution in [0.2, 0.25) is 0 Å². The van der Waals surface area contributed by atoms with E-state index in [4.69, 9.17) is 4.74 Å². The molecule has 4 nitrogen and oxygen atoms in total. The largest absolute Gasteiger partial charge is 0.495 e. The normalized spacial score (nSPS) is 9.82. The van der Waals surface area contributed by atoms with Crippen molar-refractivity contribution in [2.75, 3.05) is 12.4 Å². The Labute approximate surface area is 101 Å². The molecule has 0 aliphatic carbocycles. The molecule has 1 aromatic rings. The van der Waals surface area contributed by atoms with Gasteiger partial charge in [-0.1, -0.05) is 6.07 Å². The van der Waals surface area contributed by atoms with Gasteiger partial charge in [-0.25, -0.2) is 0 Å². The molecule has 0 spiro atoms. The van der Waals surface area contributed by atoms with E-state index >= 15 is 0 Å². The summed E-state index contributed by atoms with van der Waals surface area (Å²) in [5, 5.41) is 2.74. The van der Waals surface area contributed by atoms with Crippen molar-refractivity contribution in [1.29, 1.82) is 0 Å². The van der Waals surface area contributed by atoms with Crippen molar-refractivity contribution in [2.45, 2.75) is 26.7 Å². The summed E-state index contributed by atoms with van der Waals surface area (Å²) in [6.45, 7) is 3.41. The molecule has 1 rings (SSSR count). The fourth-order valence-electron chi connectivity index (χ4n) is 1.42. The maximum absolute atomic E-state index is 11.6. The number of nitrogens with one attached hydrogen (secondary N) is 1. The number of hydrogen-bond donors (Lipinski definition) is 1. The Balaban J connectivity index is 2.69. The molecule has 0 aromatic heterocycles. The van der Waals surface area contributed by atoms with E-state index in [1.165, 1.54) is 6.92 Å². The molecule has 1 aromatic carbocycles. The van der Waals surface area contributed by atoms with Crippen molar-refractivity contribution in [2.24, 2.45) is 0 Å². The van der Waals surface area contributed by atoms with Crippen LogP contribution in [0.15, 0.2) is 18.2 Å². The Bertz CT molecular complexity index is 427. The molecule has 0 radical (unpaired) electrons. The fraction of sp³-hybridized carbons (Fsp3) is 0.385. The molecule has 0 saturated heterocycles. The lowest BCUT2D eigenvalue weighted by atomic mass is 10.2. The van der Waals surface area contributed by atoms with Crippen molar-refractivity contribution in [3.05, 3.63) is 23.8 Å². The van der Waals surface area contributed by atoms with Crippen molar-refractivity contribution < 1.29 is 14.3 Å². The average Bonchev–Trinajstić information content (AvgIpc) is 2.27. The smallest absolute Gasteiger partial charge is 0.224 e. The SMILES string of the molecule is COc1ccc(C)cc1NC(=O)CCC(C)=O. The van der Waals surface area contributed by atoms with E-state index in [1.807, 2.05) is 19.1 Å². The monoisotopic (exact) mass is 235 g/mol. The molecule has 92 valence electrons. The van der Waals surface area contributed by atoms with Crippen LogP contribution < -0.4 is 10.1 Å². The van der Waals surface area contributed by atoms with Crippen LogP contribution in [-0.2, 0) is 9.59 Å². The van der Waals surface area contributed by atoms with Gasteiger partial charge in [0.1, 0.15) is 11.5 Å². The highest BCUT2D eigenvalue weighted by atomic mass is 16.5. The van der Waals surface area contributed by atoms with Crippen molar-refractivity contribution >= 4 is 17.4 Å². The predicted octanol–water partition coefficient (Wildman–Crippen LogP) is 2.31. The Hall–Kier alpha value is -1.84. The first-order valence-corrected chi connectivity index (χ1v) is 5.47. The van der Waals surface area contributed by atoms with Crippen LogP contribution >= 0.6 is 0 Å². The molecule has 0 saturated carbocycles. The lowest BCUT2D eigenvalue weighted by Gasteiger charge is -2.10. The number of carbonyl (C=O) groups excluding carboxylic acids is 2. The number of carbonyl (C=O) groups is 2. The summed E-state index contributed by atoms with van der Waals surface area (Å²) in [6, 6.07) is 5.55. The number of hydrogen-bond acceptors (Lipinski definition) is 3. The molecule has 0 unspecified atom stereocenters. The van der Waals surface area contributed by atoms with Gasteiger partial charge in [-0.15, -0.1) is 0 Å². The first kappa shape index (κ1) is 13.2. The molecule has 1 amide bonds. The summed E-state index contributed by atoms with van der Waals surface area (Å²) in [6.07, 6.45) is 0.465. The molecule has 4 heteroatoms. The molecule has 0 aliphatic heterocycles. The van der Waals surface area contributed by atoms with Gasteiger partial charge in [-0.3, -0.25) is 4.79 Å². The maximum Gasteiger partial charge on any atom is 0.224 e. The van der Waals surface area contributed by atoms with Gasteiger partial charge in [-0.2, -0.15) is 0 Å². The van der Waals surface area contributed by atoms with Crippen LogP contribution in [0.1, 0.15) is 25.3 Å². The second kappa shape index (κ2) is 6.03. The van der Waals surface area contributed by atoms with E-state index < -0.39 is 0 Å². The lowest BCUT2D eigenvalue weighted by Crippen LogP contribution is -2.13. The van der Waals surface area contributed by atoms with E-state index in [0.29, 0.717) is 11.4 Å². The molecular weight excluding hydrogens is 218 g/mol. The van der Waals surface area contributed by atoms with E-state index in [1.54, 1.807) is 13.2 Å². The molecule has 0 bridgehead atoms. The van der Waals surface area contributed by atoms with Gasteiger partial charge in [0.15, 0.2) is 0 Å². The number of aryl methyl sites for hydroxylation is 1. The molecule has 0 atom stereocenters. The van der Waals surface area contributed by atoms with Gasteiger partial charge in [0.05, 0.1) is 12.8 Å². The third-order valence-corrected chi connectivity index (χ3v) is 2.33. The number of rotatable bonds is 5. The van der Waals surface area contributed by atoms with Gasteiger partial charge >= 0.3 is 0 Å². The second-order valence-corrected chi connectivity index (χ2v) is 3.95. The van der Waals surface area contributed by atoms with Crippen molar-refractivity contribution in [3.63, 3.8) is 0 Å². The van der Waals surface area contributed by atoms with Crippen LogP contribution in [0, 0.1) is 6.92 Å². The molecule has 17 heavy (non-hydrogen) atoms. The fourth-order valence-corrected chi connectivity index (χ4v) is 1.42. The quantitative estimate of drug-likeness (QED) is 0.852. The van der Waals surface area contributed by atoms with Crippen molar-refractivity contribution in [1.82, 2.24) is 0 Å². The number of amides is 1. The first-order valence-electron chi connectivity index (χ1n) is 5.47. The van der Waals surface area contributed by atoms with Gasteiger partial charge in [0.25, 0.3) is 0 Å². The number of anilines is 1. The summed E-state index contributed by atoms with van der Waals surface area (Å²) in [5.74, 6) is 0.451. The van der Waals surface area contributed by atoms with E-state index in [9.17, 15) is 9.59 Å². The predicted molar refractivity (Wildman–Crippen MR) is 66.3 cm³/mol. The minimum atomic E-state index is -0.177. The van der Waals surface area contributed by atoms with Crippen molar-refractivity contribution in [3.8, 4) is 5.75 Å². The average molecular weight is 235 g/mol. The number of methoxy groups -OCH3 is 1. The Morgan fingerprint density at radius 2 is 2.00 bits per heavy atom. The number of ether oxygens (including phenoxy) is 1. The Morgan fingerprint density at radius 3 is 2.59 bits per heavy atom. The first-order chi connectivity index (χ1) is 8.02. The number of ketones is 1. The van der Waals surface area contributed by atoms with E-state index in [-0.39, 0.29) is 24.5 Å². The summed E-state index contributed by atoms with van der Waals surface area (Å²) in [7, 11) is 1.55. The summed E-state index contributed by atoms with van der Waals surface area (Å²) in [5.41, 5.74) is 1.67. The van der Waals surface area contributed by atoms with E-state index in [0.717, 1.165) is 5.56 Å². The number of benzene rings is 1. The van der Waals surface area contributed by atoms with Crippen LogP contribution in [0.25, 0.3) is 0 Å². The molecule has 0 aliphatic rings. The summed E-state index contributed by atoms with van der Waals surface area (Å²) >= 11 is 0. The highest BCUT2D eigenvalue weighted by molar-refractivity contribution is 5.94. The van der Waals surface area contributed by atoms with E-state index in [2.05, 4.69) is 5.32 Å². The zero-order valence-electron chi connectivity index (χ0n) is 10.4.